The molecule has 1 aliphatic rings. The Morgan fingerprint density at radius 1 is 0.762 bits per heavy atom. The Morgan fingerprint density at radius 3 is 1.81 bits per heavy atom. The molecule has 2 aromatic rings. The van der Waals surface area contributed by atoms with Crippen molar-refractivity contribution < 1.29 is 4.39 Å². The first-order chi connectivity index (χ1) is 10.1. The summed E-state index contributed by atoms with van der Waals surface area (Å²) in [6.45, 7) is 4.08. The summed E-state index contributed by atoms with van der Waals surface area (Å²) in [5.74, 6) is 0.943. The average molecular weight is 282 g/mol. The van der Waals surface area contributed by atoms with E-state index in [9.17, 15) is 4.39 Å². The van der Waals surface area contributed by atoms with Crippen LogP contribution < -0.4 is 10.9 Å². The van der Waals surface area contributed by atoms with Crippen LogP contribution >= 0.6 is 0 Å². The number of halogens is 1. The van der Waals surface area contributed by atoms with E-state index in [1.165, 1.54) is 23.3 Å². The van der Waals surface area contributed by atoms with Crippen molar-refractivity contribution >= 4 is 11.7 Å². The number of nitrogens with one attached hydrogen (secondary N) is 2. The molecule has 106 valence electrons. The third-order valence-electron chi connectivity index (χ3n) is 3.16. The van der Waals surface area contributed by atoms with Gasteiger partial charge < -0.3 is 0 Å². The first-order valence-electron chi connectivity index (χ1n) is 6.64. The number of amidine groups is 2. The molecule has 0 aromatic heterocycles. The van der Waals surface area contributed by atoms with Crippen LogP contribution in [0.25, 0.3) is 0 Å². The lowest BCUT2D eigenvalue weighted by molar-refractivity contribution is 0.627. The minimum absolute atomic E-state index is 0.275. The van der Waals surface area contributed by atoms with E-state index in [0.29, 0.717) is 11.7 Å². The van der Waals surface area contributed by atoms with Crippen molar-refractivity contribution in [2.45, 2.75) is 13.8 Å². The Balaban J connectivity index is 1.81. The summed E-state index contributed by atoms with van der Waals surface area (Å²) >= 11 is 0. The fourth-order valence-corrected chi connectivity index (χ4v) is 2.25. The number of hydrazone groups is 2. The highest BCUT2D eigenvalue weighted by Crippen LogP contribution is 2.11. The summed E-state index contributed by atoms with van der Waals surface area (Å²) < 4.78 is 12.9. The van der Waals surface area contributed by atoms with Gasteiger partial charge in [-0.1, -0.05) is 17.2 Å². The number of hydrogen-bond donors (Lipinski definition) is 2. The summed E-state index contributed by atoms with van der Waals surface area (Å²) in [6, 6.07) is 12.3. The van der Waals surface area contributed by atoms with E-state index in [4.69, 9.17) is 0 Å². The molecule has 0 atom stereocenters. The van der Waals surface area contributed by atoms with Crippen LogP contribution in [0.1, 0.15) is 22.3 Å². The van der Waals surface area contributed by atoms with Crippen molar-refractivity contribution in [2.24, 2.45) is 10.2 Å². The normalized spacial score (nSPS) is 13.9. The number of rotatable bonds is 2. The largest absolute Gasteiger partial charge is 0.257 e. The van der Waals surface area contributed by atoms with Crippen molar-refractivity contribution in [1.82, 2.24) is 10.9 Å². The zero-order valence-electron chi connectivity index (χ0n) is 11.8. The van der Waals surface area contributed by atoms with E-state index in [-0.39, 0.29) is 5.82 Å². The fourth-order valence-electron chi connectivity index (χ4n) is 2.25. The lowest BCUT2D eigenvalue weighted by atomic mass is 10.1. The second-order valence-corrected chi connectivity index (χ2v) is 5.03. The lowest BCUT2D eigenvalue weighted by Gasteiger charge is -2.15. The highest BCUT2D eigenvalue weighted by atomic mass is 19.1. The Labute approximate surface area is 122 Å². The molecule has 5 heteroatoms. The van der Waals surface area contributed by atoms with Crippen LogP contribution in [0.5, 0.6) is 0 Å². The van der Waals surface area contributed by atoms with E-state index in [1.807, 2.05) is 26.0 Å². The minimum atomic E-state index is -0.275. The van der Waals surface area contributed by atoms with Crippen LogP contribution in [-0.2, 0) is 0 Å². The van der Waals surface area contributed by atoms with Crippen LogP contribution in [0.4, 0.5) is 4.39 Å². The topological polar surface area (TPSA) is 48.8 Å². The van der Waals surface area contributed by atoms with E-state index in [1.54, 1.807) is 12.1 Å². The summed E-state index contributed by atoms with van der Waals surface area (Å²) in [4.78, 5) is 0. The van der Waals surface area contributed by atoms with Gasteiger partial charge in [0.25, 0.3) is 0 Å². The third-order valence-corrected chi connectivity index (χ3v) is 3.16. The van der Waals surface area contributed by atoms with Gasteiger partial charge in [0.15, 0.2) is 11.7 Å². The SMILES string of the molecule is Cc1cc(C)cc(C2=NNC(c3ccc(F)cc3)=NN2)c1. The van der Waals surface area contributed by atoms with Crippen molar-refractivity contribution in [3.05, 3.63) is 70.5 Å². The second kappa shape index (κ2) is 5.36. The lowest BCUT2D eigenvalue weighted by Crippen LogP contribution is -2.34. The molecule has 0 amide bonds. The van der Waals surface area contributed by atoms with Gasteiger partial charge in [-0.05, 0) is 50.2 Å². The van der Waals surface area contributed by atoms with Gasteiger partial charge in [0.05, 0.1) is 0 Å². The van der Waals surface area contributed by atoms with Crippen molar-refractivity contribution in [1.29, 1.82) is 0 Å². The van der Waals surface area contributed by atoms with E-state index >= 15 is 0 Å². The molecule has 0 fully saturated rings. The summed E-state index contributed by atoms with van der Waals surface area (Å²) in [6.07, 6.45) is 0. The van der Waals surface area contributed by atoms with Gasteiger partial charge >= 0.3 is 0 Å². The minimum Gasteiger partial charge on any atom is -0.257 e. The van der Waals surface area contributed by atoms with Gasteiger partial charge in [0.2, 0.25) is 0 Å². The molecule has 0 saturated carbocycles. The molecular weight excluding hydrogens is 267 g/mol. The molecule has 2 N–H and O–H groups in total. The van der Waals surface area contributed by atoms with Crippen molar-refractivity contribution in [3.8, 4) is 0 Å². The molecule has 0 spiro atoms. The van der Waals surface area contributed by atoms with Gasteiger partial charge in [0, 0.05) is 11.1 Å². The van der Waals surface area contributed by atoms with Crippen LogP contribution in [0.2, 0.25) is 0 Å². The van der Waals surface area contributed by atoms with Crippen LogP contribution in [0.15, 0.2) is 52.7 Å². The first kappa shape index (κ1) is 13.3. The number of nitrogens with zero attached hydrogens (tertiary/aromatic N) is 2. The van der Waals surface area contributed by atoms with Gasteiger partial charge in [-0.2, -0.15) is 10.2 Å². The van der Waals surface area contributed by atoms with Crippen LogP contribution in [-0.4, -0.2) is 11.7 Å². The quantitative estimate of drug-likeness (QED) is 0.889. The maximum Gasteiger partial charge on any atom is 0.173 e. The summed E-state index contributed by atoms with van der Waals surface area (Å²) in [5, 5.41) is 8.54. The van der Waals surface area contributed by atoms with Gasteiger partial charge in [0.1, 0.15) is 5.82 Å². The number of hydrogen-bond acceptors (Lipinski definition) is 4. The standard InChI is InChI=1S/C16H15FN4/c1-10-7-11(2)9-13(8-10)16-20-18-15(19-21-16)12-3-5-14(17)6-4-12/h3-9H,1-2H3,(H,18,19)(H,20,21). The number of aryl methyl sites for hydroxylation is 2. The maximum atomic E-state index is 12.9. The molecule has 4 nitrogen and oxygen atoms in total. The highest BCUT2D eigenvalue weighted by Gasteiger charge is 2.12. The molecule has 21 heavy (non-hydrogen) atoms. The maximum absolute atomic E-state index is 12.9. The second-order valence-electron chi connectivity index (χ2n) is 5.03. The zero-order chi connectivity index (χ0) is 14.8. The Bertz CT molecular complexity index is 712. The van der Waals surface area contributed by atoms with Crippen LogP contribution in [0, 0.1) is 19.7 Å². The highest BCUT2D eigenvalue weighted by molar-refractivity contribution is 6.06. The monoisotopic (exact) mass is 282 g/mol. The Kier molecular flexibility index (Phi) is 3.39. The summed E-state index contributed by atoms with van der Waals surface area (Å²) in [7, 11) is 0. The first-order valence-corrected chi connectivity index (χ1v) is 6.64. The third kappa shape index (κ3) is 2.91. The Hall–Kier alpha value is -2.69. The van der Waals surface area contributed by atoms with Gasteiger partial charge in [-0.15, -0.1) is 0 Å². The molecule has 0 bridgehead atoms. The predicted octanol–water partition coefficient (Wildman–Crippen LogP) is 2.66. The molecule has 1 heterocycles. The van der Waals surface area contributed by atoms with Crippen molar-refractivity contribution in [2.75, 3.05) is 0 Å². The summed E-state index contributed by atoms with van der Waals surface area (Å²) in [5.41, 5.74) is 9.91. The van der Waals surface area contributed by atoms with Crippen molar-refractivity contribution in [3.63, 3.8) is 0 Å². The van der Waals surface area contributed by atoms with Gasteiger partial charge in [-0.25, -0.2) is 4.39 Å². The molecule has 0 aliphatic carbocycles. The number of benzene rings is 2. The fraction of sp³-hybridized carbons (Fsp3) is 0.125. The Morgan fingerprint density at radius 2 is 1.29 bits per heavy atom. The molecule has 0 radical (unpaired) electrons. The average Bonchev–Trinajstić information content (AvgIpc) is 2.47. The molecular formula is C16H15FN4. The molecule has 0 unspecified atom stereocenters. The van der Waals surface area contributed by atoms with E-state index in [0.717, 1.165) is 11.1 Å². The smallest absolute Gasteiger partial charge is 0.173 e. The molecule has 2 aromatic carbocycles. The van der Waals surface area contributed by atoms with E-state index in [2.05, 4.69) is 27.1 Å². The molecule has 3 rings (SSSR count). The molecule has 0 saturated heterocycles. The molecule has 1 aliphatic heterocycles. The van der Waals surface area contributed by atoms with Crippen LogP contribution in [0.3, 0.4) is 0 Å². The predicted molar refractivity (Wildman–Crippen MR) is 81.7 cm³/mol. The zero-order valence-corrected chi connectivity index (χ0v) is 11.8. The van der Waals surface area contributed by atoms with E-state index < -0.39 is 0 Å². The van der Waals surface area contributed by atoms with Gasteiger partial charge in [-0.3, -0.25) is 10.9 Å².